The van der Waals surface area contributed by atoms with Crippen LogP contribution in [0.15, 0.2) is 30.5 Å². The van der Waals surface area contributed by atoms with Crippen LogP contribution in [0.5, 0.6) is 0 Å². The van der Waals surface area contributed by atoms with Gasteiger partial charge in [0.15, 0.2) is 5.69 Å². The molecule has 0 aliphatic heterocycles. The smallest absolute Gasteiger partial charge is 0.258 e. The summed E-state index contributed by atoms with van der Waals surface area (Å²) in [5.41, 5.74) is -1.18. The average Bonchev–Trinajstić information content (AvgIpc) is 2.76. The molecule has 0 bridgehead atoms. The molecule has 0 fully saturated rings. The third kappa shape index (κ3) is 2.68. The molecular formula is C10H5ClF3N3O2. The number of nitro benzene ring substituents is 1. The summed E-state index contributed by atoms with van der Waals surface area (Å²) in [6.07, 6.45) is -3.45. The van der Waals surface area contributed by atoms with Crippen LogP contribution in [0.1, 0.15) is 5.69 Å². The van der Waals surface area contributed by atoms with Crippen molar-refractivity contribution in [1.29, 1.82) is 0 Å². The minimum absolute atomic E-state index is 0.174. The molecule has 0 unspecified atom stereocenters. The Morgan fingerprint density at radius 3 is 2.47 bits per heavy atom. The summed E-state index contributed by atoms with van der Waals surface area (Å²) in [5, 5.41) is 13.7. The molecule has 1 heterocycles. The zero-order valence-electron chi connectivity index (χ0n) is 9.06. The van der Waals surface area contributed by atoms with Crippen LogP contribution in [0, 0.1) is 10.1 Å². The first kappa shape index (κ1) is 13.3. The first-order chi connectivity index (χ1) is 8.79. The van der Waals surface area contributed by atoms with Crippen molar-refractivity contribution < 1.29 is 18.1 Å². The van der Waals surface area contributed by atoms with Gasteiger partial charge in [-0.3, -0.25) is 10.1 Å². The molecule has 9 heteroatoms. The van der Waals surface area contributed by atoms with E-state index in [1.165, 1.54) is 12.1 Å². The number of benzene rings is 1. The molecular weight excluding hydrogens is 287 g/mol. The minimum atomic E-state index is -4.55. The van der Waals surface area contributed by atoms with Gasteiger partial charge in [0.1, 0.15) is 5.02 Å². The average molecular weight is 292 g/mol. The van der Waals surface area contributed by atoms with E-state index in [4.69, 9.17) is 11.6 Å². The zero-order valence-corrected chi connectivity index (χ0v) is 9.81. The first-order valence-electron chi connectivity index (χ1n) is 4.86. The van der Waals surface area contributed by atoms with Gasteiger partial charge in [0.2, 0.25) is 0 Å². The van der Waals surface area contributed by atoms with Gasteiger partial charge in [-0.25, -0.2) is 4.68 Å². The van der Waals surface area contributed by atoms with Gasteiger partial charge in [-0.05, 0) is 18.2 Å². The molecule has 0 saturated carbocycles. The van der Waals surface area contributed by atoms with E-state index >= 15 is 0 Å². The maximum Gasteiger partial charge on any atom is 0.435 e. The van der Waals surface area contributed by atoms with E-state index in [1.54, 1.807) is 0 Å². The number of nitro groups is 1. The Morgan fingerprint density at radius 1 is 1.32 bits per heavy atom. The molecule has 0 aliphatic rings. The standard InChI is InChI=1S/C10H5ClF3N3O2/c11-7-5-6(1-2-8(7)17(18)19)16-4-3-9(15-16)10(12,13)14/h1-5H. The fourth-order valence-corrected chi connectivity index (χ4v) is 1.65. The second-order valence-electron chi connectivity index (χ2n) is 3.54. The molecule has 0 saturated heterocycles. The van der Waals surface area contributed by atoms with Gasteiger partial charge in [0.25, 0.3) is 5.69 Å². The first-order valence-corrected chi connectivity index (χ1v) is 5.24. The van der Waals surface area contributed by atoms with Gasteiger partial charge in [0, 0.05) is 12.3 Å². The summed E-state index contributed by atoms with van der Waals surface area (Å²) >= 11 is 5.67. The van der Waals surface area contributed by atoms with Crippen LogP contribution in [-0.4, -0.2) is 14.7 Å². The van der Waals surface area contributed by atoms with Crippen molar-refractivity contribution in [2.45, 2.75) is 6.18 Å². The van der Waals surface area contributed by atoms with Gasteiger partial charge in [-0.1, -0.05) is 11.6 Å². The van der Waals surface area contributed by atoms with Gasteiger partial charge in [-0.2, -0.15) is 18.3 Å². The van der Waals surface area contributed by atoms with E-state index in [0.717, 1.165) is 23.0 Å². The Morgan fingerprint density at radius 2 is 2.00 bits per heavy atom. The molecule has 5 nitrogen and oxygen atoms in total. The van der Waals surface area contributed by atoms with E-state index in [0.29, 0.717) is 0 Å². The van der Waals surface area contributed by atoms with E-state index in [-0.39, 0.29) is 16.4 Å². The molecule has 19 heavy (non-hydrogen) atoms. The normalized spacial score (nSPS) is 11.6. The summed E-state index contributed by atoms with van der Waals surface area (Å²) in [4.78, 5) is 9.87. The van der Waals surface area contributed by atoms with Gasteiger partial charge >= 0.3 is 6.18 Å². The number of hydrogen-bond donors (Lipinski definition) is 0. The Balaban J connectivity index is 2.40. The Hall–Kier alpha value is -2.09. The second kappa shape index (κ2) is 4.54. The predicted molar refractivity (Wildman–Crippen MR) is 60.2 cm³/mol. The van der Waals surface area contributed by atoms with Crippen molar-refractivity contribution in [3.63, 3.8) is 0 Å². The monoisotopic (exact) mass is 291 g/mol. The summed E-state index contributed by atoms with van der Waals surface area (Å²) in [5.74, 6) is 0. The molecule has 2 aromatic rings. The van der Waals surface area contributed by atoms with Crippen LogP contribution >= 0.6 is 11.6 Å². The number of nitrogens with zero attached hydrogens (tertiary/aromatic N) is 3. The van der Waals surface area contributed by atoms with Crippen molar-refractivity contribution in [2.24, 2.45) is 0 Å². The lowest BCUT2D eigenvalue weighted by Crippen LogP contribution is -2.07. The Kier molecular flexibility index (Phi) is 3.19. The lowest BCUT2D eigenvalue weighted by molar-refractivity contribution is -0.384. The fourth-order valence-electron chi connectivity index (χ4n) is 1.41. The van der Waals surface area contributed by atoms with Gasteiger partial charge in [0.05, 0.1) is 10.6 Å². The molecule has 100 valence electrons. The predicted octanol–water partition coefficient (Wildman–Crippen LogP) is 3.45. The highest BCUT2D eigenvalue weighted by Gasteiger charge is 2.33. The lowest BCUT2D eigenvalue weighted by Gasteiger charge is -2.03. The molecule has 0 N–H and O–H groups in total. The highest BCUT2D eigenvalue weighted by Crippen LogP contribution is 2.29. The van der Waals surface area contributed by atoms with E-state index in [2.05, 4.69) is 5.10 Å². The van der Waals surface area contributed by atoms with Crippen molar-refractivity contribution in [3.05, 3.63) is 51.3 Å². The number of alkyl halides is 3. The van der Waals surface area contributed by atoms with Crippen LogP contribution in [0.2, 0.25) is 5.02 Å². The van der Waals surface area contributed by atoms with Crippen molar-refractivity contribution in [3.8, 4) is 5.69 Å². The largest absolute Gasteiger partial charge is 0.435 e. The van der Waals surface area contributed by atoms with Crippen LogP contribution in [-0.2, 0) is 6.18 Å². The van der Waals surface area contributed by atoms with E-state index < -0.39 is 16.8 Å². The number of rotatable bonds is 2. The van der Waals surface area contributed by atoms with Crippen molar-refractivity contribution >= 4 is 17.3 Å². The minimum Gasteiger partial charge on any atom is -0.258 e. The summed E-state index contributed by atoms with van der Waals surface area (Å²) in [6.45, 7) is 0. The van der Waals surface area contributed by atoms with Gasteiger partial charge in [-0.15, -0.1) is 0 Å². The molecule has 0 radical (unpaired) electrons. The molecule has 0 spiro atoms. The zero-order chi connectivity index (χ0) is 14.2. The number of aromatic nitrogens is 2. The van der Waals surface area contributed by atoms with Crippen molar-refractivity contribution in [2.75, 3.05) is 0 Å². The molecule has 2 rings (SSSR count). The quantitative estimate of drug-likeness (QED) is 0.629. The Labute approximate surface area is 109 Å². The third-order valence-corrected chi connectivity index (χ3v) is 2.57. The molecule has 0 atom stereocenters. The van der Waals surface area contributed by atoms with Crippen LogP contribution < -0.4 is 0 Å². The molecule has 0 aliphatic carbocycles. The van der Waals surface area contributed by atoms with Crippen LogP contribution in [0.3, 0.4) is 0 Å². The number of hydrogen-bond acceptors (Lipinski definition) is 3. The lowest BCUT2D eigenvalue weighted by atomic mass is 10.3. The van der Waals surface area contributed by atoms with Crippen molar-refractivity contribution in [1.82, 2.24) is 9.78 Å². The summed E-state index contributed by atoms with van der Waals surface area (Å²) < 4.78 is 38.1. The number of halogens is 4. The summed E-state index contributed by atoms with van der Waals surface area (Å²) in [7, 11) is 0. The van der Waals surface area contributed by atoms with E-state index in [1.807, 2.05) is 0 Å². The van der Waals surface area contributed by atoms with E-state index in [9.17, 15) is 23.3 Å². The molecule has 1 aromatic carbocycles. The SMILES string of the molecule is O=[N+]([O-])c1ccc(-n2ccc(C(F)(F)F)n2)cc1Cl. The van der Waals surface area contributed by atoms with Crippen LogP contribution in [0.25, 0.3) is 5.69 Å². The molecule has 0 amide bonds. The highest BCUT2D eigenvalue weighted by atomic mass is 35.5. The highest BCUT2D eigenvalue weighted by molar-refractivity contribution is 6.32. The second-order valence-corrected chi connectivity index (χ2v) is 3.94. The Bertz CT molecular complexity index is 639. The topological polar surface area (TPSA) is 61.0 Å². The maximum absolute atomic E-state index is 12.4. The fraction of sp³-hybridized carbons (Fsp3) is 0.100. The summed E-state index contributed by atoms with van der Waals surface area (Å²) in [6, 6.07) is 4.34. The molecule has 1 aromatic heterocycles. The maximum atomic E-state index is 12.4. The van der Waals surface area contributed by atoms with Crippen LogP contribution in [0.4, 0.5) is 18.9 Å². The van der Waals surface area contributed by atoms with Gasteiger partial charge < -0.3 is 0 Å². The third-order valence-electron chi connectivity index (χ3n) is 2.27.